The molecule has 1 aliphatic heterocycles. The second-order valence-electron chi connectivity index (χ2n) is 12.2. The van der Waals surface area contributed by atoms with Crippen molar-refractivity contribution in [2.75, 3.05) is 34.9 Å². The molecule has 1 saturated heterocycles. The first-order valence-corrected chi connectivity index (χ1v) is 15.6. The van der Waals surface area contributed by atoms with Crippen LogP contribution in [0.5, 0.6) is 0 Å². The third kappa shape index (κ3) is 10.6. The zero-order valence-electron chi connectivity index (χ0n) is 27.4. The summed E-state index contributed by atoms with van der Waals surface area (Å²) in [7, 11) is 6.49. The van der Waals surface area contributed by atoms with Gasteiger partial charge in [-0.1, -0.05) is 64.4 Å². The number of likely N-dealkylation sites (N-methyl/N-ethyl adjacent to an activating group) is 2. The van der Waals surface area contributed by atoms with Crippen molar-refractivity contribution in [3.63, 3.8) is 0 Å². The van der Waals surface area contributed by atoms with Crippen LogP contribution in [0.1, 0.15) is 71.8 Å². The lowest BCUT2D eigenvalue weighted by molar-refractivity contribution is -0.145. The first-order valence-electron chi connectivity index (χ1n) is 15.6. The molecule has 10 heteroatoms. The molecule has 2 N–H and O–H groups in total. The van der Waals surface area contributed by atoms with Gasteiger partial charge in [0.1, 0.15) is 6.04 Å². The summed E-state index contributed by atoms with van der Waals surface area (Å²) >= 11 is 0. The Morgan fingerprint density at radius 2 is 1.70 bits per heavy atom. The minimum absolute atomic E-state index is 0.0167. The second kappa shape index (κ2) is 18.0. The fourth-order valence-electron chi connectivity index (χ4n) is 6.07. The molecule has 4 amide bonds. The summed E-state index contributed by atoms with van der Waals surface area (Å²) in [5, 5.41) is 5.50. The van der Waals surface area contributed by atoms with E-state index in [-0.39, 0.29) is 60.4 Å². The van der Waals surface area contributed by atoms with Crippen LogP contribution in [-0.4, -0.2) is 98.6 Å². The third-order valence-electron chi connectivity index (χ3n) is 8.63. The minimum Gasteiger partial charge on any atom is -0.379 e. The molecule has 0 aliphatic carbocycles. The zero-order chi connectivity index (χ0) is 32.1. The lowest BCUT2D eigenvalue weighted by Crippen LogP contribution is -2.52. The topological polar surface area (TPSA) is 117 Å². The Hall–Kier alpha value is -2.98. The molecule has 10 nitrogen and oxygen atoms in total. The maximum Gasteiger partial charge on any atom is 0.242 e. The number of nitrogens with zero attached hydrogens (tertiary/aromatic N) is 2. The number of nitrogens with one attached hydrogen (secondary N) is 2. The Kier molecular flexibility index (Phi) is 15.1. The molecular weight excluding hydrogens is 548 g/mol. The maximum atomic E-state index is 13.8. The SMILES string of the molecule is CCC(C)C(C(CC(=O)N1CCCC1C(CC(=O)NC(Cc1ccccc1)C(=O)NC)OC)OC)N(C)C(=O)CC(C)C. The molecule has 6 unspecified atom stereocenters. The van der Waals surface area contributed by atoms with Crippen LogP contribution in [0.4, 0.5) is 0 Å². The molecule has 0 spiro atoms. The van der Waals surface area contributed by atoms with Gasteiger partial charge in [-0.2, -0.15) is 0 Å². The highest BCUT2D eigenvalue weighted by atomic mass is 16.5. The number of methoxy groups -OCH3 is 2. The molecule has 242 valence electrons. The van der Waals surface area contributed by atoms with Crippen LogP contribution in [0.3, 0.4) is 0 Å². The number of benzene rings is 1. The van der Waals surface area contributed by atoms with E-state index in [1.54, 1.807) is 38.1 Å². The van der Waals surface area contributed by atoms with Gasteiger partial charge in [-0.3, -0.25) is 19.2 Å². The monoisotopic (exact) mass is 602 g/mol. The van der Waals surface area contributed by atoms with Gasteiger partial charge in [0.05, 0.1) is 37.1 Å². The number of ether oxygens (including phenoxy) is 2. The van der Waals surface area contributed by atoms with E-state index in [9.17, 15) is 19.2 Å². The fourth-order valence-corrected chi connectivity index (χ4v) is 6.07. The number of hydrogen-bond donors (Lipinski definition) is 2. The van der Waals surface area contributed by atoms with Gasteiger partial charge >= 0.3 is 0 Å². The summed E-state index contributed by atoms with van der Waals surface area (Å²) in [6.07, 6.45) is 2.28. The molecule has 1 heterocycles. The molecule has 1 aliphatic rings. The van der Waals surface area contributed by atoms with Gasteiger partial charge in [-0.05, 0) is 30.2 Å². The van der Waals surface area contributed by atoms with E-state index in [2.05, 4.69) is 24.5 Å². The Bertz CT molecular complexity index is 1040. The highest BCUT2D eigenvalue weighted by Crippen LogP contribution is 2.28. The fraction of sp³-hybridized carbons (Fsp3) is 0.697. The highest BCUT2D eigenvalue weighted by Gasteiger charge is 2.40. The summed E-state index contributed by atoms with van der Waals surface area (Å²) < 4.78 is 11.7. The van der Waals surface area contributed by atoms with Gasteiger partial charge in [0.15, 0.2) is 0 Å². The van der Waals surface area contributed by atoms with E-state index in [4.69, 9.17) is 9.47 Å². The smallest absolute Gasteiger partial charge is 0.242 e. The van der Waals surface area contributed by atoms with Gasteiger partial charge in [-0.15, -0.1) is 0 Å². The number of carbonyl (C=O) groups excluding carboxylic acids is 4. The predicted octanol–water partition coefficient (Wildman–Crippen LogP) is 3.18. The quantitative estimate of drug-likeness (QED) is 0.283. The van der Waals surface area contributed by atoms with Crippen molar-refractivity contribution in [2.45, 2.75) is 103 Å². The van der Waals surface area contributed by atoms with Crippen molar-refractivity contribution < 1.29 is 28.7 Å². The van der Waals surface area contributed by atoms with E-state index < -0.39 is 18.2 Å². The average molecular weight is 603 g/mol. The molecule has 0 aromatic heterocycles. The van der Waals surface area contributed by atoms with Crippen LogP contribution in [0.2, 0.25) is 0 Å². The van der Waals surface area contributed by atoms with Crippen molar-refractivity contribution in [3.8, 4) is 0 Å². The molecular formula is C33H54N4O6. The summed E-state index contributed by atoms with van der Waals surface area (Å²) in [6, 6.07) is 8.26. The van der Waals surface area contributed by atoms with Crippen LogP contribution in [0.25, 0.3) is 0 Å². The third-order valence-corrected chi connectivity index (χ3v) is 8.63. The van der Waals surface area contributed by atoms with Crippen LogP contribution >= 0.6 is 0 Å². The van der Waals surface area contributed by atoms with Crippen LogP contribution in [-0.2, 0) is 35.1 Å². The van der Waals surface area contributed by atoms with Crippen molar-refractivity contribution in [1.29, 1.82) is 0 Å². The summed E-state index contributed by atoms with van der Waals surface area (Å²) in [4.78, 5) is 56.0. The normalized spacial score (nSPS) is 18.4. The average Bonchev–Trinajstić information content (AvgIpc) is 3.48. The number of carbonyl (C=O) groups is 4. The van der Waals surface area contributed by atoms with Gasteiger partial charge < -0.3 is 29.9 Å². The highest BCUT2D eigenvalue weighted by molar-refractivity contribution is 5.88. The molecule has 0 saturated carbocycles. The molecule has 1 aromatic rings. The first kappa shape index (κ1) is 36.2. The summed E-state index contributed by atoms with van der Waals surface area (Å²) in [5.74, 6) is -0.264. The van der Waals surface area contributed by atoms with E-state index in [0.29, 0.717) is 25.8 Å². The van der Waals surface area contributed by atoms with Gasteiger partial charge in [-0.25, -0.2) is 0 Å². The molecule has 1 aromatic carbocycles. The van der Waals surface area contributed by atoms with Crippen LogP contribution < -0.4 is 10.6 Å². The Labute approximate surface area is 258 Å². The Morgan fingerprint density at radius 3 is 2.26 bits per heavy atom. The predicted molar refractivity (Wildman–Crippen MR) is 167 cm³/mol. The van der Waals surface area contributed by atoms with E-state index in [1.165, 1.54) is 0 Å². The van der Waals surface area contributed by atoms with Crippen LogP contribution in [0, 0.1) is 11.8 Å². The maximum absolute atomic E-state index is 13.8. The number of rotatable bonds is 17. The molecule has 1 fully saturated rings. The summed E-state index contributed by atoms with van der Waals surface area (Å²) in [6.45, 7) is 8.76. The number of hydrogen-bond acceptors (Lipinski definition) is 6. The minimum atomic E-state index is -0.728. The molecule has 0 bridgehead atoms. The largest absolute Gasteiger partial charge is 0.379 e. The number of likely N-dealkylation sites (tertiary alicyclic amines) is 1. The van der Waals surface area contributed by atoms with Crippen molar-refractivity contribution in [1.82, 2.24) is 20.4 Å². The lowest BCUT2D eigenvalue weighted by Gasteiger charge is -2.39. The summed E-state index contributed by atoms with van der Waals surface area (Å²) in [5.41, 5.74) is 0.937. The molecule has 0 radical (unpaired) electrons. The van der Waals surface area contributed by atoms with Crippen molar-refractivity contribution in [3.05, 3.63) is 35.9 Å². The van der Waals surface area contributed by atoms with Crippen LogP contribution in [0.15, 0.2) is 30.3 Å². The van der Waals surface area contributed by atoms with E-state index >= 15 is 0 Å². The Morgan fingerprint density at radius 1 is 1.02 bits per heavy atom. The number of amides is 4. The van der Waals surface area contributed by atoms with Crippen molar-refractivity contribution in [2.24, 2.45) is 11.8 Å². The lowest BCUT2D eigenvalue weighted by atomic mass is 9.90. The van der Waals surface area contributed by atoms with Gasteiger partial charge in [0.2, 0.25) is 23.6 Å². The van der Waals surface area contributed by atoms with E-state index in [1.807, 2.05) is 44.2 Å². The molecule has 43 heavy (non-hydrogen) atoms. The van der Waals surface area contributed by atoms with Crippen molar-refractivity contribution >= 4 is 23.6 Å². The standard InChI is InChI=1S/C33H54N4O6/c1-9-23(4)32(36(6)30(39)18-22(2)3)28(43-8)21-31(40)37-17-13-16-26(37)27(42-7)20-29(38)35-25(33(41)34-5)19-24-14-11-10-12-15-24/h10-12,14-15,22-23,25-28,32H,9,13,16-21H2,1-8H3,(H,34,41)(H,35,38). The van der Waals surface area contributed by atoms with Gasteiger partial charge in [0.25, 0.3) is 0 Å². The molecule has 6 atom stereocenters. The Balaban J connectivity index is 2.13. The molecule has 2 rings (SSSR count). The zero-order valence-corrected chi connectivity index (χ0v) is 27.4. The first-order chi connectivity index (χ1) is 20.5. The van der Waals surface area contributed by atoms with Gasteiger partial charge in [0, 0.05) is 47.7 Å². The van der Waals surface area contributed by atoms with E-state index in [0.717, 1.165) is 18.4 Å². The second-order valence-corrected chi connectivity index (χ2v) is 12.2.